The number of fused-ring (bicyclic) bond motifs is 1. The normalized spacial score (nSPS) is 18.0. The van der Waals surface area contributed by atoms with E-state index in [9.17, 15) is 4.79 Å². The van der Waals surface area contributed by atoms with Crippen molar-refractivity contribution in [1.82, 2.24) is 14.8 Å². The average molecular weight is 316 g/mol. The first-order chi connectivity index (χ1) is 10.5. The summed E-state index contributed by atoms with van der Waals surface area (Å²) in [5, 5.41) is 2.15. The van der Waals surface area contributed by atoms with Gasteiger partial charge < -0.3 is 10.6 Å². The van der Waals surface area contributed by atoms with E-state index < -0.39 is 0 Å². The molecule has 22 heavy (non-hydrogen) atoms. The van der Waals surface area contributed by atoms with Gasteiger partial charge in [-0.15, -0.1) is 11.3 Å². The molecular formula is C16H20N4OS. The van der Waals surface area contributed by atoms with Gasteiger partial charge in [-0.2, -0.15) is 0 Å². The quantitative estimate of drug-likeness (QED) is 0.939. The topological polar surface area (TPSA) is 62.5 Å². The van der Waals surface area contributed by atoms with Gasteiger partial charge in [-0.25, -0.2) is 4.98 Å². The van der Waals surface area contributed by atoms with Gasteiger partial charge in [-0.1, -0.05) is 24.3 Å². The van der Waals surface area contributed by atoms with Gasteiger partial charge in [0.2, 0.25) is 0 Å². The number of hydrogen-bond donors (Lipinski definition) is 1. The maximum atomic E-state index is 12.4. The number of aromatic nitrogens is 1. The minimum Gasteiger partial charge on any atom is -0.375 e. The molecule has 1 atom stereocenters. The van der Waals surface area contributed by atoms with E-state index in [-0.39, 0.29) is 5.91 Å². The lowest BCUT2D eigenvalue weighted by molar-refractivity contribution is 0.0728. The zero-order valence-corrected chi connectivity index (χ0v) is 13.6. The van der Waals surface area contributed by atoms with Gasteiger partial charge >= 0.3 is 0 Å². The summed E-state index contributed by atoms with van der Waals surface area (Å²) in [6, 6.07) is 8.83. The molecule has 3 rings (SSSR count). The molecule has 116 valence electrons. The Labute approximate surface area is 134 Å². The van der Waals surface area contributed by atoms with Crippen LogP contribution >= 0.6 is 11.3 Å². The highest BCUT2D eigenvalue weighted by molar-refractivity contribution is 7.13. The van der Waals surface area contributed by atoms with E-state index in [4.69, 9.17) is 5.73 Å². The van der Waals surface area contributed by atoms with Crippen LogP contribution in [-0.2, 0) is 13.0 Å². The van der Waals surface area contributed by atoms with Crippen LogP contribution in [0.15, 0.2) is 29.6 Å². The molecule has 0 saturated heterocycles. The maximum absolute atomic E-state index is 12.4. The van der Waals surface area contributed by atoms with Crippen LogP contribution in [0.1, 0.15) is 21.6 Å². The van der Waals surface area contributed by atoms with Crippen LogP contribution in [0.4, 0.5) is 5.13 Å². The lowest BCUT2D eigenvalue weighted by Gasteiger charge is -2.36. The summed E-state index contributed by atoms with van der Waals surface area (Å²) in [4.78, 5) is 20.5. The number of rotatable bonds is 3. The summed E-state index contributed by atoms with van der Waals surface area (Å²) >= 11 is 1.30. The van der Waals surface area contributed by atoms with E-state index in [0.29, 0.717) is 23.4 Å². The van der Waals surface area contributed by atoms with Crippen LogP contribution < -0.4 is 5.73 Å². The molecule has 6 heteroatoms. The van der Waals surface area contributed by atoms with Gasteiger partial charge in [0.05, 0.1) is 0 Å². The van der Waals surface area contributed by atoms with Crippen molar-refractivity contribution >= 4 is 22.4 Å². The Morgan fingerprint density at radius 1 is 1.45 bits per heavy atom. The molecule has 5 nitrogen and oxygen atoms in total. The molecule has 2 aromatic rings. The number of likely N-dealkylation sites (N-methyl/N-ethyl adjacent to an activating group) is 2. The number of thiazole rings is 1. The molecule has 0 spiro atoms. The van der Waals surface area contributed by atoms with Gasteiger partial charge in [0.1, 0.15) is 5.69 Å². The van der Waals surface area contributed by atoms with Crippen LogP contribution in [0, 0.1) is 0 Å². The third kappa shape index (κ3) is 2.98. The minimum atomic E-state index is -0.0693. The fourth-order valence-corrected chi connectivity index (χ4v) is 3.44. The molecule has 2 heterocycles. The fraction of sp³-hybridized carbons (Fsp3) is 0.375. The van der Waals surface area contributed by atoms with Gasteiger partial charge in [-0.3, -0.25) is 9.69 Å². The summed E-state index contributed by atoms with van der Waals surface area (Å²) in [5.41, 5.74) is 8.79. The highest BCUT2D eigenvalue weighted by Gasteiger charge is 2.26. The number of hydrogen-bond acceptors (Lipinski definition) is 5. The Kier molecular flexibility index (Phi) is 4.13. The van der Waals surface area contributed by atoms with Gasteiger partial charge in [0.25, 0.3) is 5.91 Å². The van der Waals surface area contributed by atoms with Gasteiger partial charge in [0.15, 0.2) is 5.13 Å². The Bertz CT molecular complexity index is 684. The summed E-state index contributed by atoms with van der Waals surface area (Å²) in [5.74, 6) is -0.0693. The fourth-order valence-electron chi connectivity index (χ4n) is 2.90. The predicted octanol–water partition coefficient (Wildman–Crippen LogP) is 1.85. The number of amides is 1. The largest absolute Gasteiger partial charge is 0.375 e. The number of nitrogens with two attached hydrogens (primary N) is 1. The minimum absolute atomic E-state index is 0.0693. The molecule has 2 N–H and O–H groups in total. The van der Waals surface area contributed by atoms with Gasteiger partial charge in [0, 0.05) is 31.6 Å². The molecule has 0 fully saturated rings. The van der Waals surface area contributed by atoms with Crippen LogP contribution in [0.25, 0.3) is 0 Å². The SMILES string of the molecule is CN(C[C@H]1Cc2ccccc2CN1C)C(=O)c1csc(N)n1. The van der Waals surface area contributed by atoms with Crippen molar-refractivity contribution < 1.29 is 4.79 Å². The Morgan fingerprint density at radius 3 is 2.86 bits per heavy atom. The van der Waals surface area contributed by atoms with E-state index in [1.54, 1.807) is 10.3 Å². The van der Waals surface area contributed by atoms with Crippen molar-refractivity contribution in [2.45, 2.75) is 19.0 Å². The number of nitrogens with zero attached hydrogens (tertiary/aromatic N) is 3. The number of carbonyl (C=O) groups is 1. The molecule has 1 aromatic carbocycles. The summed E-state index contributed by atoms with van der Waals surface area (Å²) in [6.07, 6.45) is 0.962. The molecule has 1 amide bonds. The zero-order valence-electron chi connectivity index (χ0n) is 12.8. The van der Waals surface area contributed by atoms with Crippen molar-refractivity contribution in [1.29, 1.82) is 0 Å². The van der Waals surface area contributed by atoms with Crippen LogP contribution in [0.2, 0.25) is 0 Å². The van der Waals surface area contributed by atoms with Crippen LogP contribution in [0.3, 0.4) is 0 Å². The number of benzene rings is 1. The summed E-state index contributed by atoms with van der Waals surface area (Å²) < 4.78 is 0. The Hall–Kier alpha value is -1.92. The first kappa shape index (κ1) is 15.0. The summed E-state index contributed by atoms with van der Waals surface area (Å²) in [6.45, 7) is 1.60. The van der Waals surface area contributed by atoms with E-state index in [2.05, 4.69) is 41.2 Å². The van der Waals surface area contributed by atoms with Crippen molar-refractivity contribution in [2.24, 2.45) is 0 Å². The molecule has 1 aliphatic rings. The molecule has 1 aromatic heterocycles. The Balaban J connectivity index is 1.69. The van der Waals surface area contributed by atoms with E-state index >= 15 is 0 Å². The number of carbonyl (C=O) groups excluding carboxylic acids is 1. The second kappa shape index (κ2) is 6.06. The number of anilines is 1. The summed E-state index contributed by atoms with van der Waals surface area (Å²) in [7, 11) is 3.94. The Morgan fingerprint density at radius 2 is 2.18 bits per heavy atom. The van der Waals surface area contributed by atoms with Gasteiger partial charge in [-0.05, 0) is 24.6 Å². The van der Waals surface area contributed by atoms with E-state index in [1.807, 2.05) is 7.05 Å². The number of nitrogen functional groups attached to an aromatic ring is 1. The first-order valence-electron chi connectivity index (χ1n) is 7.28. The lowest BCUT2D eigenvalue weighted by Crippen LogP contribution is -2.46. The van der Waals surface area contributed by atoms with Crippen LogP contribution in [0.5, 0.6) is 0 Å². The first-order valence-corrected chi connectivity index (χ1v) is 8.16. The molecule has 0 radical (unpaired) electrons. The standard InChI is InChI=1S/C16H20N4OS/c1-19-8-12-6-4-3-5-11(12)7-13(19)9-20(2)15(21)14-10-22-16(17)18-14/h3-6,10,13H,7-9H2,1-2H3,(H2,17,18)/t13-/m1/s1. The highest BCUT2D eigenvalue weighted by atomic mass is 32.1. The van der Waals surface area contributed by atoms with Crippen molar-refractivity contribution in [3.05, 3.63) is 46.5 Å². The molecule has 1 aliphatic heterocycles. The molecular weight excluding hydrogens is 296 g/mol. The second-order valence-electron chi connectivity index (χ2n) is 5.80. The van der Waals surface area contributed by atoms with E-state index in [0.717, 1.165) is 13.0 Å². The third-order valence-corrected chi connectivity index (χ3v) is 4.86. The smallest absolute Gasteiger partial charge is 0.273 e. The third-order valence-electron chi connectivity index (χ3n) is 4.19. The zero-order chi connectivity index (χ0) is 15.7. The monoisotopic (exact) mass is 316 g/mol. The molecule has 0 aliphatic carbocycles. The van der Waals surface area contributed by atoms with E-state index in [1.165, 1.54) is 22.5 Å². The second-order valence-corrected chi connectivity index (χ2v) is 6.69. The van der Waals surface area contributed by atoms with Crippen LogP contribution in [-0.4, -0.2) is 47.4 Å². The maximum Gasteiger partial charge on any atom is 0.273 e. The molecule has 0 bridgehead atoms. The van der Waals surface area contributed by atoms with Crippen molar-refractivity contribution in [2.75, 3.05) is 26.4 Å². The molecule has 0 saturated carbocycles. The van der Waals surface area contributed by atoms with Crippen molar-refractivity contribution in [3.63, 3.8) is 0 Å². The lowest BCUT2D eigenvalue weighted by atomic mass is 9.94. The predicted molar refractivity (Wildman–Crippen MR) is 88.9 cm³/mol. The molecule has 0 unspecified atom stereocenters. The average Bonchev–Trinajstić information content (AvgIpc) is 2.93. The highest BCUT2D eigenvalue weighted by Crippen LogP contribution is 2.22. The van der Waals surface area contributed by atoms with Crippen molar-refractivity contribution in [3.8, 4) is 0 Å².